The molecule has 0 unspecified atom stereocenters. The van der Waals surface area contributed by atoms with Gasteiger partial charge in [-0.1, -0.05) is 23.5 Å². The van der Waals surface area contributed by atoms with Gasteiger partial charge in [-0.25, -0.2) is 4.98 Å². The summed E-state index contributed by atoms with van der Waals surface area (Å²) in [5.74, 6) is -0.823. The Morgan fingerprint density at radius 3 is 2.84 bits per heavy atom. The van der Waals surface area contributed by atoms with Crippen molar-refractivity contribution in [3.8, 4) is 0 Å². The molecule has 0 saturated carbocycles. The van der Waals surface area contributed by atoms with Gasteiger partial charge >= 0.3 is 0 Å². The summed E-state index contributed by atoms with van der Waals surface area (Å²) >= 11 is 1.51. The molecule has 1 heterocycles. The molecule has 100 valence electrons. The molecule has 0 aliphatic rings. The number of amides is 2. The number of nitrogens with two attached hydrogens (primary N) is 1. The minimum Gasteiger partial charge on any atom is -0.368 e. The molecule has 0 atom stereocenters. The summed E-state index contributed by atoms with van der Waals surface area (Å²) in [7, 11) is 1.78. The molecule has 6 nitrogen and oxygen atoms in total. The predicted molar refractivity (Wildman–Crippen MR) is 75.1 cm³/mol. The SMILES string of the molecule is CN(CC(=O)NCC(N)=O)c1nc2ccccc2s1. The third kappa shape index (κ3) is 3.41. The monoisotopic (exact) mass is 278 g/mol. The van der Waals surface area contributed by atoms with E-state index in [1.54, 1.807) is 11.9 Å². The highest BCUT2D eigenvalue weighted by molar-refractivity contribution is 7.22. The summed E-state index contributed by atoms with van der Waals surface area (Å²) in [6.45, 7) is -0.0143. The Kier molecular flexibility index (Phi) is 3.96. The number of carbonyl (C=O) groups is 2. The zero-order valence-corrected chi connectivity index (χ0v) is 11.2. The van der Waals surface area contributed by atoms with Gasteiger partial charge in [-0.15, -0.1) is 0 Å². The van der Waals surface area contributed by atoms with Crippen molar-refractivity contribution in [1.82, 2.24) is 10.3 Å². The van der Waals surface area contributed by atoms with Crippen molar-refractivity contribution in [3.63, 3.8) is 0 Å². The molecular weight excluding hydrogens is 264 g/mol. The Hall–Kier alpha value is -2.15. The molecule has 2 rings (SSSR count). The molecule has 0 spiro atoms. The smallest absolute Gasteiger partial charge is 0.240 e. The van der Waals surface area contributed by atoms with Crippen molar-refractivity contribution in [3.05, 3.63) is 24.3 Å². The first-order valence-electron chi connectivity index (χ1n) is 5.68. The summed E-state index contributed by atoms with van der Waals surface area (Å²) in [6, 6.07) is 7.78. The number of fused-ring (bicyclic) bond motifs is 1. The number of thiazole rings is 1. The number of aromatic nitrogens is 1. The molecule has 2 aromatic rings. The summed E-state index contributed by atoms with van der Waals surface area (Å²) in [4.78, 5) is 28.3. The van der Waals surface area contributed by atoms with E-state index in [2.05, 4.69) is 10.3 Å². The van der Waals surface area contributed by atoms with Crippen molar-refractivity contribution >= 4 is 38.5 Å². The average Bonchev–Trinajstić information content (AvgIpc) is 2.80. The fourth-order valence-electron chi connectivity index (χ4n) is 1.55. The summed E-state index contributed by atoms with van der Waals surface area (Å²) in [6.07, 6.45) is 0. The van der Waals surface area contributed by atoms with Crippen LogP contribution < -0.4 is 16.0 Å². The van der Waals surface area contributed by atoms with Gasteiger partial charge < -0.3 is 16.0 Å². The number of nitrogens with one attached hydrogen (secondary N) is 1. The molecule has 7 heteroatoms. The van der Waals surface area contributed by atoms with Gasteiger partial charge in [0.2, 0.25) is 11.8 Å². The highest BCUT2D eigenvalue weighted by Gasteiger charge is 2.11. The molecular formula is C12H14N4O2S. The molecule has 1 aromatic heterocycles. The van der Waals surface area contributed by atoms with Crippen LogP contribution >= 0.6 is 11.3 Å². The number of nitrogens with zero attached hydrogens (tertiary/aromatic N) is 2. The molecule has 0 fully saturated rings. The van der Waals surface area contributed by atoms with Crippen LogP contribution in [0.1, 0.15) is 0 Å². The van der Waals surface area contributed by atoms with Crippen molar-refractivity contribution in [2.24, 2.45) is 5.73 Å². The van der Waals surface area contributed by atoms with Gasteiger partial charge in [0.15, 0.2) is 5.13 Å². The predicted octanol–water partition coefficient (Wildman–Crippen LogP) is 0.334. The average molecular weight is 278 g/mol. The molecule has 3 N–H and O–H groups in total. The standard InChI is InChI=1S/C12H14N4O2S/c1-16(7-11(18)14-6-10(13)17)12-15-8-4-2-3-5-9(8)19-12/h2-5H,6-7H2,1H3,(H2,13,17)(H,14,18). The minimum atomic E-state index is -0.559. The van der Waals surface area contributed by atoms with Crippen LogP contribution in [-0.4, -0.2) is 36.9 Å². The van der Waals surface area contributed by atoms with E-state index < -0.39 is 5.91 Å². The Balaban J connectivity index is 2.01. The third-order valence-electron chi connectivity index (χ3n) is 2.45. The van der Waals surface area contributed by atoms with E-state index in [4.69, 9.17) is 5.73 Å². The van der Waals surface area contributed by atoms with Crippen LogP contribution in [0.2, 0.25) is 0 Å². The maximum atomic E-state index is 11.6. The quantitative estimate of drug-likeness (QED) is 0.825. The Labute approximate surface area is 114 Å². The fraction of sp³-hybridized carbons (Fsp3) is 0.250. The van der Waals surface area contributed by atoms with Crippen LogP contribution in [0.5, 0.6) is 0 Å². The van der Waals surface area contributed by atoms with Gasteiger partial charge in [0.1, 0.15) is 0 Å². The Morgan fingerprint density at radius 1 is 1.42 bits per heavy atom. The number of hydrogen-bond acceptors (Lipinski definition) is 5. The van der Waals surface area contributed by atoms with Gasteiger partial charge in [-0.05, 0) is 12.1 Å². The minimum absolute atomic E-state index is 0.132. The normalized spacial score (nSPS) is 10.4. The molecule has 0 aliphatic heterocycles. The van der Waals surface area contributed by atoms with Gasteiger partial charge in [-0.3, -0.25) is 9.59 Å². The number of carbonyl (C=O) groups excluding carboxylic acids is 2. The van der Waals surface area contributed by atoms with Gasteiger partial charge in [-0.2, -0.15) is 0 Å². The lowest BCUT2D eigenvalue weighted by Crippen LogP contribution is -2.39. The second-order valence-corrected chi connectivity index (χ2v) is 5.07. The molecule has 0 saturated heterocycles. The van der Waals surface area contributed by atoms with E-state index in [1.807, 2.05) is 24.3 Å². The summed E-state index contributed by atoms with van der Waals surface area (Å²) < 4.78 is 1.07. The lowest BCUT2D eigenvalue weighted by molar-refractivity contribution is -0.123. The van der Waals surface area contributed by atoms with Gasteiger partial charge in [0, 0.05) is 7.05 Å². The highest BCUT2D eigenvalue weighted by atomic mass is 32.1. The van der Waals surface area contributed by atoms with E-state index in [1.165, 1.54) is 11.3 Å². The molecule has 0 bridgehead atoms. The Bertz CT molecular complexity index is 578. The second kappa shape index (κ2) is 5.66. The first kappa shape index (κ1) is 13.3. The first-order valence-corrected chi connectivity index (χ1v) is 6.49. The van der Waals surface area contributed by atoms with E-state index in [9.17, 15) is 9.59 Å². The lowest BCUT2D eigenvalue weighted by atomic mass is 10.3. The molecule has 2 amide bonds. The Morgan fingerprint density at radius 2 is 2.16 bits per heavy atom. The van der Waals surface area contributed by atoms with Crippen molar-refractivity contribution < 1.29 is 9.59 Å². The van der Waals surface area contributed by atoms with Crippen LogP contribution in [0.3, 0.4) is 0 Å². The maximum absolute atomic E-state index is 11.6. The van der Waals surface area contributed by atoms with Gasteiger partial charge in [0.05, 0.1) is 23.3 Å². The van der Waals surface area contributed by atoms with Crippen molar-refractivity contribution in [1.29, 1.82) is 0 Å². The zero-order chi connectivity index (χ0) is 13.8. The van der Waals surface area contributed by atoms with E-state index in [-0.39, 0.29) is 19.0 Å². The molecule has 19 heavy (non-hydrogen) atoms. The van der Waals surface area contributed by atoms with Gasteiger partial charge in [0.25, 0.3) is 0 Å². The van der Waals surface area contributed by atoms with Crippen LogP contribution in [0, 0.1) is 0 Å². The molecule has 1 aromatic carbocycles. The largest absolute Gasteiger partial charge is 0.368 e. The molecule has 0 aliphatic carbocycles. The van der Waals surface area contributed by atoms with Crippen LogP contribution in [0.4, 0.5) is 5.13 Å². The van der Waals surface area contributed by atoms with Crippen LogP contribution in [0.25, 0.3) is 10.2 Å². The van der Waals surface area contributed by atoms with E-state index in [0.717, 1.165) is 15.3 Å². The number of likely N-dealkylation sites (N-methyl/N-ethyl adjacent to an activating group) is 1. The second-order valence-electron chi connectivity index (χ2n) is 4.06. The van der Waals surface area contributed by atoms with E-state index in [0.29, 0.717) is 0 Å². The summed E-state index contributed by atoms with van der Waals surface area (Å²) in [5, 5.41) is 3.20. The number of para-hydroxylation sites is 1. The van der Waals surface area contributed by atoms with Crippen molar-refractivity contribution in [2.45, 2.75) is 0 Å². The maximum Gasteiger partial charge on any atom is 0.240 e. The number of rotatable bonds is 5. The number of hydrogen-bond donors (Lipinski definition) is 2. The number of anilines is 1. The van der Waals surface area contributed by atoms with Crippen molar-refractivity contribution in [2.75, 3.05) is 25.0 Å². The molecule has 0 radical (unpaired) electrons. The highest BCUT2D eigenvalue weighted by Crippen LogP contribution is 2.27. The topological polar surface area (TPSA) is 88.3 Å². The third-order valence-corrected chi connectivity index (χ3v) is 3.60. The number of primary amides is 1. The fourth-order valence-corrected chi connectivity index (χ4v) is 2.47. The van der Waals surface area contributed by atoms with E-state index >= 15 is 0 Å². The first-order chi connectivity index (χ1) is 9.06. The zero-order valence-electron chi connectivity index (χ0n) is 10.4. The number of benzene rings is 1. The lowest BCUT2D eigenvalue weighted by Gasteiger charge is -2.14. The summed E-state index contributed by atoms with van der Waals surface area (Å²) in [5.41, 5.74) is 5.87. The van der Waals surface area contributed by atoms with Crippen LogP contribution in [-0.2, 0) is 9.59 Å². The van der Waals surface area contributed by atoms with Crippen LogP contribution in [0.15, 0.2) is 24.3 Å².